The third kappa shape index (κ3) is 4.61. The van der Waals surface area contributed by atoms with Crippen LogP contribution in [0.2, 0.25) is 5.02 Å². The zero-order valence-corrected chi connectivity index (χ0v) is 15.6. The van der Waals surface area contributed by atoms with Gasteiger partial charge in [0.2, 0.25) is 0 Å². The van der Waals surface area contributed by atoms with Crippen LogP contribution in [0.1, 0.15) is 21.9 Å². The number of anilines is 1. The number of aryl methyl sites for hydroxylation is 1. The SMILES string of the molecule is Cc1cc(Cl)ccc1OCc1ccc(C(=O)Nc2ccc(Br)cn2)o1. The van der Waals surface area contributed by atoms with Gasteiger partial charge in [-0.05, 0) is 70.9 Å². The molecule has 0 aliphatic rings. The van der Waals surface area contributed by atoms with Gasteiger partial charge < -0.3 is 14.5 Å². The fourth-order valence-corrected chi connectivity index (χ4v) is 2.59. The molecule has 3 aromatic rings. The average Bonchev–Trinajstić information content (AvgIpc) is 3.05. The summed E-state index contributed by atoms with van der Waals surface area (Å²) in [5, 5.41) is 3.32. The molecule has 128 valence electrons. The Balaban J connectivity index is 1.61. The second-order valence-corrected chi connectivity index (χ2v) is 6.63. The molecular weight excluding hydrogens is 408 g/mol. The number of nitrogens with one attached hydrogen (secondary N) is 1. The van der Waals surface area contributed by atoms with E-state index in [0.29, 0.717) is 22.4 Å². The predicted molar refractivity (Wildman–Crippen MR) is 99.1 cm³/mol. The highest BCUT2D eigenvalue weighted by Gasteiger charge is 2.13. The number of ether oxygens (including phenoxy) is 1. The van der Waals surface area contributed by atoms with Gasteiger partial charge in [-0.25, -0.2) is 4.98 Å². The summed E-state index contributed by atoms with van der Waals surface area (Å²) in [4.78, 5) is 16.3. The first-order valence-electron chi connectivity index (χ1n) is 7.42. The van der Waals surface area contributed by atoms with Crippen LogP contribution in [0, 0.1) is 6.92 Å². The summed E-state index contributed by atoms with van der Waals surface area (Å²) in [6, 6.07) is 12.2. The van der Waals surface area contributed by atoms with Crippen molar-refractivity contribution in [2.24, 2.45) is 0 Å². The molecule has 0 saturated heterocycles. The molecule has 0 spiro atoms. The first-order valence-corrected chi connectivity index (χ1v) is 8.59. The monoisotopic (exact) mass is 420 g/mol. The van der Waals surface area contributed by atoms with Crippen molar-refractivity contribution in [3.63, 3.8) is 0 Å². The first-order chi connectivity index (χ1) is 12.0. The van der Waals surface area contributed by atoms with Crippen LogP contribution in [0.4, 0.5) is 5.82 Å². The molecule has 7 heteroatoms. The number of carbonyl (C=O) groups is 1. The zero-order chi connectivity index (χ0) is 17.8. The topological polar surface area (TPSA) is 64.4 Å². The van der Waals surface area contributed by atoms with E-state index >= 15 is 0 Å². The lowest BCUT2D eigenvalue weighted by Gasteiger charge is -2.07. The highest BCUT2D eigenvalue weighted by molar-refractivity contribution is 9.10. The number of nitrogens with zero attached hydrogens (tertiary/aromatic N) is 1. The second-order valence-electron chi connectivity index (χ2n) is 5.28. The molecule has 2 aromatic heterocycles. The van der Waals surface area contributed by atoms with E-state index in [1.807, 2.05) is 13.0 Å². The molecule has 0 radical (unpaired) electrons. The lowest BCUT2D eigenvalue weighted by atomic mass is 10.2. The van der Waals surface area contributed by atoms with E-state index in [-0.39, 0.29) is 18.3 Å². The molecule has 0 fully saturated rings. The molecule has 2 heterocycles. The number of halogens is 2. The summed E-state index contributed by atoms with van der Waals surface area (Å²) in [6.07, 6.45) is 1.60. The third-order valence-corrected chi connectivity index (χ3v) is 4.07. The molecule has 0 aliphatic carbocycles. The van der Waals surface area contributed by atoms with Crippen molar-refractivity contribution in [3.05, 3.63) is 75.2 Å². The number of furan rings is 1. The van der Waals surface area contributed by atoms with Crippen LogP contribution in [0.5, 0.6) is 5.75 Å². The standard InChI is InChI=1S/C18H14BrClN2O3/c1-11-8-13(20)3-5-15(11)24-10-14-4-6-16(25-14)18(23)22-17-7-2-12(19)9-21-17/h2-9H,10H2,1H3,(H,21,22,23). The maximum atomic E-state index is 12.2. The molecule has 0 saturated carbocycles. The van der Waals surface area contributed by atoms with Gasteiger partial charge in [-0.2, -0.15) is 0 Å². The molecule has 0 unspecified atom stereocenters. The van der Waals surface area contributed by atoms with Crippen molar-refractivity contribution in [2.45, 2.75) is 13.5 Å². The summed E-state index contributed by atoms with van der Waals surface area (Å²) in [5.74, 6) is 1.52. The van der Waals surface area contributed by atoms with Gasteiger partial charge in [-0.1, -0.05) is 11.6 Å². The van der Waals surface area contributed by atoms with Crippen molar-refractivity contribution in [2.75, 3.05) is 5.32 Å². The van der Waals surface area contributed by atoms with Crippen LogP contribution in [-0.4, -0.2) is 10.9 Å². The largest absolute Gasteiger partial charge is 0.485 e. The number of hydrogen-bond donors (Lipinski definition) is 1. The highest BCUT2D eigenvalue weighted by atomic mass is 79.9. The zero-order valence-electron chi connectivity index (χ0n) is 13.3. The average molecular weight is 422 g/mol. The van der Waals surface area contributed by atoms with Crippen molar-refractivity contribution < 1.29 is 13.9 Å². The Morgan fingerprint density at radius 3 is 2.84 bits per heavy atom. The number of carbonyl (C=O) groups excluding carboxylic acids is 1. The number of aromatic nitrogens is 1. The van der Waals surface area contributed by atoms with Gasteiger partial charge in [0.15, 0.2) is 5.76 Å². The number of pyridine rings is 1. The minimum absolute atomic E-state index is 0.191. The highest BCUT2D eigenvalue weighted by Crippen LogP contribution is 2.23. The number of amides is 1. The summed E-state index contributed by atoms with van der Waals surface area (Å²) in [6.45, 7) is 2.12. The van der Waals surface area contributed by atoms with Gasteiger partial charge in [-0.3, -0.25) is 4.79 Å². The van der Waals surface area contributed by atoms with E-state index in [9.17, 15) is 4.79 Å². The van der Waals surface area contributed by atoms with Crippen LogP contribution in [0.15, 0.2) is 57.6 Å². The van der Waals surface area contributed by atoms with E-state index in [2.05, 4.69) is 26.2 Å². The lowest BCUT2D eigenvalue weighted by molar-refractivity contribution is 0.0992. The van der Waals surface area contributed by atoms with Crippen molar-refractivity contribution in [1.29, 1.82) is 0 Å². The number of benzene rings is 1. The maximum absolute atomic E-state index is 12.2. The van der Waals surface area contributed by atoms with E-state index < -0.39 is 0 Å². The van der Waals surface area contributed by atoms with Gasteiger partial charge >= 0.3 is 0 Å². The fraction of sp³-hybridized carbons (Fsp3) is 0.111. The summed E-state index contributed by atoms with van der Waals surface area (Å²) in [7, 11) is 0. The van der Waals surface area contributed by atoms with E-state index in [0.717, 1.165) is 10.0 Å². The molecule has 5 nitrogen and oxygen atoms in total. The Labute approximate surface area is 158 Å². The summed E-state index contributed by atoms with van der Waals surface area (Å²) in [5.41, 5.74) is 0.929. The Morgan fingerprint density at radius 1 is 1.28 bits per heavy atom. The predicted octanol–water partition coefficient (Wildman–Crippen LogP) is 5.23. The van der Waals surface area contributed by atoms with Crippen molar-refractivity contribution in [3.8, 4) is 5.75 Å². The molecule has 1 aromatic carbocycles. The lowest BCUT2D eigenvalue weighted by Crippen LogP contribution is -2.11. The van der Waals surface area contributed by atoms with Gasteiger partial charge in [0.05, 0.1) is 0 Å². The van der Waals surface area contributed by atoms with Gasteiger partial charge in [-0.15, -0.1) is 0 Å². The van der Waals surface area contributed by atoms with Gasteiger partial charge in [0.25, 0.3) is 5.91 Å². The Hall–Kier alpha value is -2.31. The molecule has 3 rings (SSSR count). The molecular formula is C18H14BrClN2O3. The summed E-state index contributed by atoms with van der Waals surface area (Å²) < 4.78 is 12.1. The van der Waals surface area contributed by atoms with Crippen LogP contribution in [0.25, 0.3) is 0 Å². The third-order valence-electron chi connectivity index (χ3n) is 3.36. The minimum Gasteiger partial charge on any atom is -0.485 e. The molecule has 1 amide bonds. The fourth-order valence-electron chi connectivity index (χ4n) is 2.13. The molecule has 25 heavy (non-hydrogen) atoms. The second kappa shape index (κ2) is 7.72. The van der Waals surface area contributed by atoms with E-state index in [1.54, 1.807) is 42.6 Å². The van der Waals surface area contributed by atoms with Crippen LogP contribution >= 0.6 is 27.5 Å². The molecule has 0 atom stereocenters. The van der Waals surface area contributed by atoms with Crippen molar-refractivity contribution in [1.82, 2.24) is 4.98 Å². The van der Waals surface area contributed by atoms with Crippen LogP contribution < -0.4 is 10.1 Å². The Bertz CT molecular complexity index is 894. The van der Waals surface area contributed by atoms with Crippen molar-refractivity contribution >= 4 is 39.3 Å². The van der Waals surface area contributed by atoms with E-state index in [4.69, 9.17) is 20.8 Å². The normalized spacial score (nSPS) is 10.5. The van der Waals surface area contributed by atoms with Crippen LogP contribution in [-0.2, 0) is 6.61 Å². The molecule has 0 bridgehead atoms. The molecule has 1 N–H and O–H groups in total. The minimum atomic E-state index is -0.372. The quantitative estimate of drug-likeness (QED) is 0.612. The Morgan fingerprint density at radius 2 is 2.12 bits per heavy atom. The van der Waals surface area contributed by atoms with Crippen LogP contribution in [0.3, 0.4) is 0 Å². The number of hydrogen-bond acceptors (Lipinski definition) is 4. The molecule has 0 aliphatic heterocycles. The first kappa shape index (κ1) is 17.5. The van der Waals surface area contributed by atoms with Gasteiger partial charge in [0, 0.05) is 15.7 Å². The smallest absolute Gasteiger partial charge is 0.292 e. The summed E-state index contributed by atoms with van der Waals surface area (Å²) >= 11 is 9.21. The van der Waals surface area contributed by atoms with Gasteiger partial charge in [0.1, 0.15) is 23.9 Å². The Kier molecular flexibility index (Phi) is 5.40. The maximum Gasteiger partial charge on any atom is 0.292 e. The van der Waals surface area contributed by atoms with E-state index in [1.165, 1.54) is 0 Å². The number of rotatable bonds is 5.